The molecule has 178 valence electrons. The summed E-state index contributed by atoms with van der Waals surface area (Å²) in [5.74, 6) is 0.567. The van der Waals surface area contributed by atoms with Gasteiger partial charge in [-0.15, -0.1) is 0 Å². The summed E-state index contributed by atoms with van der Waals surface area (Å²) in [4.78, 5) is 2.17. The van der Waals surface area contributed by atoms with Crippen molar-refractivity contribution in [2.24, 2.45) is 5.92 Å². The minimum Gasteiger partial charge on any atom is -0.435 e. The van der Waals surface area contributed by atoms with Crippen LogP contribution < -0.4 is 4.74 Å². The van der Waals surface area contributed by atoms with Gasteiger partial charge in [0.2, 0.25) is 5.88 Å². The lowest BCUT2D eigenvalue weighted by Crippen LogP contribution is -2.37. The second-order valence-electron chi connectivity index (χ2n) is 8.55. The zero-order valence-electron chi connectivity index (χ0n) is 19.9. The molecule has 3 aromatic rings. The van der Waals surface area contributed by atoms with E-state index in [0.29, 0.717) is 31.5 Å². The Hall–Kier alpha value is -2.74. The van der Waals surface area contributed by atoms with Crippen molar-refractivity contribution in [3.63, 3.8) is 0 Å². The highest BCUT2D eigenvalue weighted by Crippen LogP contribution is 2.32. The maximum absolute atomic E-state index is 14.5. The van der Waals surface area contributed by atoms with Crippen molar-refractivity contribution in [3.8, 4) is 17.3 Å². The highest BCUT2D eigenvalue weighted by atomic mass is 19.1. The predicted octanol–water partition coefficient (Wildman–Crippen LogP) is 4.97. The molecule has 6 nitrogen and oxygen atoms in total. The maximum atomic E-state index is 14.5. The molecule has 1 aromatic heterocycles. The van der Waals surface area contributed by atoms with Crippen LogP contribution in [-0.4, -0.2) is 52.2 Å². The van der Waals surface area contributed by atoms with Gasteiger partial charge < -0.3 is 14.6 Å². The Kier molecular flexibility index (Phi) is 9.00. The topological polar surface area (TPSA) is 59.8 Å². The van der Waals surface area contributed by atoms with Crippen molar-refractivity contribution in [2.45, 2.75) is 40.3 Å². The van der Waals surface area contributed by atoms with Gasteiger partial charge in [-0.2, -0.15) is 5.10 Å². The van der Waals surface area contributed by atoms with Crippen molar-refractivity contribution in [3.05, 3.63) is 71.7 Å². The Morgan fingerprint density at radius 2 is 1.76 bits per heavy atom. The van der Waals surface area contributed by atoms with Crippen LogP contribution in [0.15, 0.2) is 54.6 Å². The van der Waals surface area contributed by atoms with Crippen LogP contribution in [0.5, 0.6) is 11.6 Å². The van der Waals surface area contributed by atoms with Gasteiger partial charge in [0, 0.05) is 26.2 Å². The third-order valence-electron chi connectivity index (χ3n) is 5.17. The van der Waals surface area contributed by atoms with E-state index < -0.39 is 11.9 Å². The van der Waals surface area contributed by atoms with Gasteiger partial charge in [0.15, 0.2) is 11.6 Å². The van der Waals surface area contributed by atoms with Gasteiger partial charge in [0.25, 0.3) is 0 Å². The van der Waals surface area contributed by atoms with Crippen LogP contribution in [0.4, 0.5) is 4.39 Å². The summed E-state index contributed by atoms with van der Waals surface area (Å²) in [5.41, 5.74) is 2.47. The summed E-state index contributed by atoms with van der Waals surface area (Å²) in [7, 11) is 0. The van der Waals surface area contributed by atoms with E-state index in [1.165, 1.54) is 6.07 Å². The monoisotopic (exact) mass is 455 g/mol. The molecule has 0 radical (unpaired) electrons. The third-order valence-corrected chi connectivity index (χ3v) is 5.17. The van der Waals surface area contributed by atoms with Gasteiger partial charge in [0.05, 0.1) is 29.7 Å². The van der Waals surface area contributed by atoms with Crippen LogP contribution in [0, 0.1) is 18.7 Å². The fraction of sp³-hybridized carbons (Fsp3) is 0.423. The van der Waals surface area contributed by atoms with Crippen LogP contribution in [0.1, 0.15) is 32.0 Å². The molecule has 2 aromatic carbocycles. The van der Waals surface area contributed by atoms with E-state index in [0.717, 1.165) is 23.5 Å². The number of ether oxygens (including phenoxy) is 2. The Bertz CT molecular complexity index is 1010. The third kappa shape index (κ3) is 6.87. The van der Waals surface area contributed by atoms with Crippen molar-refractivity contribution in [2.75, 3.05) is 26.3 Å². The largest absolute Gasteiger partial charge is 0.435 e. The van der Waals surface area contributed by atoms with E-state index in [-0.39, 0.29) is 12.4 Å². The first-order chi connectivity index (χ1) is 15.9. The van der Waals surface area contributed by atoms with Gasteiger partial charge in [-0.05, 0) is 44.0 Å². The van der Waals surface area contributed by atoms with Crippen molar-refractivity contribution in [1.29, 1.82) is 0 Å². The number of para-hydroxylation sites is 2. The molecule has 0 aliphatic heterocycles. The summed E-state index contributed by atoms with van der Waals surface area (Å²) >= 11 is 0. The van der Waals surface area contributed by atoms with E-state index in [1.54, 1.807) is 22.9 Å². The lowest BCUT2D eigenvalue weighted by molar-refractivity contribution is 0.0173. The summed E-state index contributed by atoms with van der Waals surface area (Å²) in [6.07, 6.45) is -0.607. The SMILES string of the molecule is CCOCC(O)CN(Cc1c(C)nn(-c2ccccc2)c1Oc1ccccc1F)CC(C)C. The Morgan fingerprint density at radius 1 is 1.06 bits per heavy atom. The fourth-order valence-corrected chi connectivity index (χ4v) is 3.75. The Morgan fingerprint density at radius 3 is 2.42 bits per heavy atom. The molecular weight excluding hydrogens is 421 g/mol. The van der Waals surface area contributed by atoms with Crippen LogP contribution in [-0.2, 0) is 11.3 Å². The summed E-state index contributed by atoms with van der Waals surface area (Å²) in [6, 6.07) is 16.0. The van der Waals surface area contributed by atoms with Gasteiger partial charge in [-0.25, -0.2) is 9.07 Å². The second kappa shape index (κ2) is 11.9. The minimum absolute atomic E-state index is 0.141. The first kappa shape index (κ1) is 24.9. The molecule has 3 rings (SSSR count). The number of aryl methyl sites for hydroxylation is 1. The fourth-order valence-electron chi connectivity index (χ4n) is 3.75. The van der Waals surface area contributed by atoms with E-state index >= 15 is 0 Å². The molecule has 0 aliphatic rings. The summed E-state index contributed by atoms with van der Waals surface area (Å²) in [6.45, 7) is 10.7. The molecule has 0 saturated heterocycles. The molecule has 0 amide bonds. The lowest BCUT2D eigenvalue weighted by atomic mass is 10.1. The van der Waals surface area contributed by atoms with E-state index in [2.05, 4.69) is 18.7 Å². The number of aliphatic hydroxyl groups excluding tert-OH is 1. The van der Waals surface area contributed by atoms with Crippen LogP contribution in [0.2, 0.25) is 0 Å². The molecule has 0 spiro atoms. The quantitative estimate of drug-likeness (QED) is 0.418. The van der Waals surface area contributed by atoms with E-state index in [4.69, 9.17) is 14.6 Å². The lowest BCUT2D eigenvalue weighted by Gasteiger charge is -2.27. The molecule has 0 saturated carbocycles. The number of aromatic nitrogens is 2. The second-order valence-corrected chi connectivity index (χ2v) is 8.55. The number of benzene rings is 2. The smallest absolute Gasteiger partial charge is 0.227 e. The molecule has 0 fully saturated rings. The van der Waals surface area contributed by atoms with Crippen molar-refractivity contribution >= 4 is 0 Å². The number of hydrogen-bond acceptors (Lipinski definition) is 5. The molecular formula is C26H34FN3O3. The number of hydrogen-bond donors (Lipinski definition) is 1. The van der Waals surface area contributed by atoms with Crippen LogP contribution >= 0.6 is 0 Å². The van der Waals surface area contributed by atoms with E-state index in [9.17, 15) is 9.50 Å². The van der Waals surface area contributed by atoms with E-state index in [1.807, 2.05) is 44.2 Å². The van der Waals surface area contributed by atoms with Gasteiger partial charge >= 0.3 is 0 Å². The van der Waals surface area contributed by atoms with Crippen molar-refractivity contribution in [1.82, 2.24) is 14.7 Å². The highest BCUT2D eigenvalue weighted by Gasteiger charge is 2.23. The number of halogens is 1. The molecule has 0 aliphatic carbocycles. The Labute approximate surface area is 195 Å². The molecule has 1 N–H and O–H groups in total. The van der Waals surface area contributed by atoms with Gasteiger partial charge in [-0.3, -0.25) is 4.90 Å². The molecule has 1 atom stereocenters. The average molecular weight is 456 g/mol. The van der Waals surface area contributed by atoms with Crippen molar-refractivity contribution < 1.29 is 19.0 Å². The summed E-state index contributed by atoms with van der Waals surface area (Å²) < 4.78 is 27.7. The predicted molar refractivity (Wildman–Crippen MR) is 127 cm³/mol. The molecule has 1 heterocycles. The molecule has 33 heavy (non-hydrogen) atoms. The standard InChI is InChI=1S/C26H34FN3O3/c1-5-32-18-22(31)16-29(15-19(2)3)17-23-20(4)28-30(21-11-7-6-8-12-21)26(23)33-25-14-10-9-13-24(25)27/h6-14,19,22,31H,5,15-18H2,1-4H3. The molecule has 0 bridgehead atoms. The first-order valence-corrected chi connectivity index (χ1v) is 11.4. The van der Waals surface area contributed by atoms with Gasteiger partial charge in [-0.1, -0.05) is 44.2 Å². The average Bonchev–Trinajstić information content (AvgIpc) is 3.09. The number of nitrogens with zero attached hydrogens (tertiary/aromatic N) is 3. The molecule has 1 unspecified atom stereocenters. The first-order valence-electron chi connectivity index (χ1n) is 11.4. The Balaban J connectivity index is 1.98. The maximum Gasteiger partial charge on any atom is 0.227 e. The van der Waals surface area contributed by atoms with Crippen LogP contribution in [0.25, 0.3) is 5.69 Å². The number of aliphatic hydroxyl groups is 1. The van der Waals surface area contributed by atoms with Crippen LogP contribution in [0.3, 0.4) is 0 Å². The zero-order valence-corrected chi connectivity index (χ0v) is 19.9. The normalized spacial score (nSPS) is 12.5. The minimum atomic E-state index is -0.607. The van der Waals surface area contributed by atoms with Gasteiger partial charge in [0.1, 0.15) is 0 Å². The number of rotatable bonds is 12. The zero-order chi connectivity index (χ0) is 23.8. The highest BCUT2D eigenvalue weighted by molar-refractivity contribution is 5.43. The summed E-state index contributed by atoms with van der Waals surface area (Å²) in [5, 5.41) is 15.2. The molecule has 7 heteroatoms.